The molecule has 15 heavy (non-hydrogen) atoms. The molecule has 1 amide bonds. The molecular formula is C10H19ClN2O2. The van der Waals surface area contributed by atoms with Crippen LogP contribution in [0.2, 0.25) is 0 Å². The number of ether oxygens (including phenoxy) is 1. The number of rotatable bonds is 0. The predicted octanol–water partition coefficient (Wildman–Crippen LogP) is 0.409. The van der Waals surface area contributed by atoms with Gasteiger partial charge in [-0.1, -0.05) is 0 Å². The second-order valence-electron chi connectivity index (χ2n) is 4.22. The third kappa shape index (κ3) is 2.83. The first-order valence-corrected chi connectivity index (χ1v) is 5.32. The molecule has 2 aliphatic heterocycles. The lowest BCUT2D eigenvalue weighted by Crippen LogP contribution is -2.57. The Morgan fingerprint density at radius 3 is 2.67 bits per heavy atom. The molecular weight excluding hydrogens is 216 g/mol. The zero-order valence-electron chi connectivity index (χ0n) is 9.12. The van der Waals surface area contributed by atoms with Crippen molar-refractivity contribution in [3.8, 4) is 0 Å². The van der Waals surface area contributed by atoms with E-state index < -0.39 is 0 Å². The highest BCUT2D eigenvalue weighted by Gasteiger charge is 2.38. The number of piperidine rings is 1. The van der Waals surface area contributed by atoms with Crippen LogP contribution in [0.4, 0.5) is 0 Å². The summed E-state index contributed by atoms with van der Waals surface area (Å²) in [6, 6.07) is 0. The smallest absolute Gasteiger partial charge is 0.219 e. The molecule has 4 nitrogen and oxygen atoms in total. The van der Waals surface area contributed by atoms with Crippen LogP contribution in [0.1, 0.15) is 19.8 Å². The van der Waals surface area contributed by atoms with Crippen molar-refractivity contribution in [1.29, 1.82) is 0 Å². The van der Waals surface area contributed by atoms with Gasteiger partial charge in [-0.15, -0.1) is 12.4 Å². The van der Waals surface area contributed by atoms with E-state index in [1.54, 1.807) is 6.92 Å². The maximum absolute atomic E-state index is 11.3. The average molecular weight is 235 g/mol. The van der Waals surface area contributed by atoms with Crippen molar-refractivity contribution in [2.24, 2.45) is 0 Å². The molecule has 0 aliphatic carbocycles. The lowest BCUT2D eigenvalue weighted by molar-refractivity contribution is -0.153. The molecule has 2 fully saturated rings. The fourth-order valence-electron chi connectivity index (χ4n) is 2.30. The van der Waals surface area contributed by atoms with E-state index in [1.165, 1.54) is 0 Å². The van der Waals surface area contributed by atoms with E-state index in [-0.39, 0.29) is 23.9 Å². The van der Waals surface area contributed by atoms with Crippen LogP contribution in [0.15, 0.2) is 0 Å². The van der Waals surface area contributed by atoms with Gasteiger partial charge in [0.25, 0.3) is 0 Å². The third-order valence-corrected chi connectivity index (χ3v) is 3.21. The van der Waals surface area contributed by atoms with Crippen molar-refractivity contribution in [2.45, 2.75) is 25.4 Å². The topological polar surface area (TPSA) is 41.6 Å². The van der Waals surface area contributed by atoms with Crippen LogP contribution in [0, 0.1) is 0 Å². The fraction of sp³-hybridized carbons (Fsp3) is 0.900. The lowest BCUT2D eigenvalue weighted by atomic mass is 9.90. The Morgan fingerprint density at radius 1 is 1.40 bits per heavy atom. The van der Waals surface area contributed by atoms with Gasteiger partial charge in [0, 0.05) is 20.0 Å². The number of carbonyl (C=O) groups excluding carboxylic acids is 1. The Morgan fingerprint density at radius 2 is 2.07 bits per heavy atom. The van der Waals surface area contributed by atoms with Gasteiger partial charge in [0.1, 0.15) is 0 Å². The van der Waals surface area contributed by atoms with Crippen LogP contribution >= 0.6 is 12.4 Å². The van der Waals surface area contributed by atoms with Crippen LogP contribution < -0.4 is 5.32 Å². The van der Waals surface area contributed by atoms with Gasteiger partial charge < -0.3 is 15.0 Å². The molecule has 2 rings (SSSR count). The van der Waals surface area contributed by atoms with Crippen LogP contribution in [-0.2, 0) is 9.53 Å². The molecule has 2 heterocycles. The molecule has 0 radical (unpaired) electrons. The summed E-state index contributed by atoms with van der Waals surface area (Å²) < 4.78 is 5.85. The minimum atomic E-state index is -0.0465. The summed E-state index contributed by atoms with van der Waals surface area (Å²) in [5.74, 6) is 0.172. The van der Waals surface area contributed by atoms with Crippen molar-refractivity contribution in [3.05, 3.63) is 0 Å². The van der Waals surface area contributed by atoms with Crippen molar-refractivity contribution >= 4 is 18.3 Å². The maximum atomic E-state index is 11.3. The summed E-state index contributed by atoms with van der Waals surface area (Å²) in [7, 11) is 0. The number of morpholine rings is 1. The Bertz CT molecular complexity index is 224. The van der Waals surface area contributed by atoms with Crippen LogP contribution in [0.3, 0.4) is 0 Å². The average Bonchev–Trinajstić information content (AvgIpc) is 2.19. The summed E-state index contributed by atoms with van der Waals surface area (Å²) in [4.78, 5) is 13.2. The molecule has 0 aromatic heterocycles. The SMILES string of the molecule is CC(=O)N1CCOC2(CCNCC2)C1.Cl. The standard InChI is InChI=1S/C10H18N2O2.ClH/c1-9(13)12-6-7-14-10(8-12)2-4-11-5-3-10;/h11H,2-8H2,1H3;1H. The summed E-state index contributed by atoms with van der Waals surface area (Å²) in [6.45, 7) is 5.88. The Balaban J connectivity index is 0.00000112. The molecule has 2 aliphatic rings. The first-order chi connectivity index (χ1) is 6.72. The van der Waals surface area contributed by atoms with Crippen LogP contribution in [0.5, 0.6) is 0 Å². The summed E-state index contributed by atoms with van der Waals surface area (Å²) in [5.41, 5.74) is -0.0465. The van der Waals surface area contributed by atoms with E-state index in [1.807, 2.05) is 4.90 Å². The predicted molar refractivity (Wildman–Crippen MR) is 60.3 cm³/mol. The number of hydrogen-bond donors (Lipinski definition) is 1. The number of nitrogens with one attached hydrogen (secondary N) is 1. The molecule has 1 spiro atoms. The minimum absolute atomic E-state index is 0. The zero-order valence-corrected chi connectivity index (χ0v) is 9.94. The second kappa shape index (κ2) is 5.14. The van der Waals surface area contributed by atoms with Crippen molar-refractivity contribution < 1.29 is 9.53 Å². The molecule has 0 atom stereocenters. The van der Waals surface area contributed by atoms with E-state index in [4.69, 9.17) is 4.74 Å². The molecule has 0 bridgehead atoms. The Kier molecular flexibility index (Phi) is 4.37. The normalized spacial score (nSPS) is 24.7. The van der Waals surface area contributed by atoms with E-state index in [0.29, 0.717) is 6.61 Å². The molecule has 1 N–H and O–H groups in total. The number of halogens is 1. The molecule has 0 aromatic carbocycles. The van der Waals surface area contributed by atoms with E-state index in [0.717, 1.165) is 39.0 Å². The first-order valence-electron chi connectivity index (χ1n) is 5.32. The Hall–Kier alpha value is -0.320. The summed E-state index contributed by atoms with van der Waals surface area (Å²) in [6.07, 6.45) is 2.05. The molecule has 5 heteroatoms. The highest BCUT2D eigenvalue weighted by Crippen LogP contribution is 2.27. The van der Waals surface area contributed by atoms with E-state index in [2.05, 4.69) is 5.32 Å². The van der Waals surface area contributed by atoms with Crippen molar-refractivity contribution in [2.75, 3.05) is 32.8 Å². The molecule has 0 aromatic rings. The van der Waals surface area contributed by atoms with Gasteiger partial charge in [0.15, 0.2) is 0 Å². The van der Waals surface area contributed by atoms with Gasteiger partial charge in [-0.3, -0.25) is 4.79 Å². The molecule has 88 valence electrons. The number of carbonyl (C=O) groups is 1. The molecule has 2 saturated heterocycles. The van der Waals surface area contributed by atoms with Gasteiger partial charge >= 0.3 is 0 Å². The minimum Gasteiger partial charge on any atom is -0.371 e. The molecule has 0 saturated carbocycles. The zero-order chi connectivity index (χ0) is 10.0. The summed E-state index contributed by atoms with van der Waals surface area (Å²) >= 11 is 0. The van der Waals surface area contributed by atoms with Gasteiger partial charge in [-0.2, -0.15) is 0 Å². The largest absolute Gasteiger partial charge is 0.371 e. The number of amides is 1. The van der Waals surface area contributed by atoms with Gasteiger partial charge in [0.05, 0.1) is 12.2 Å². The highest BCUT2D eigenvalue weighted by molar-refractivity contribution is 5.85. The monoisotopic (exact) mass is 234 g/mol. The van der Waals surface area contributed by atoms with E-state index >= 15 is 0 Å². The van der Waals surface area contributed by atoms with Crippen molar-refractivity contribution in [3.63, 3.8) is 0 Å². The molecule has 0 unspecified atom stereocenters. The van der Waals surface area contributed by atoms with Crippen LogP contribution in [-0.4, -0.2) is 49.2 Å². The second-order valence-corrected chi connectivity index (χ2v) is 4.22. The Labute approximate surface area is 96.7 Å². The number of nitrogens with zero attached hydrogens (tertiary/aromatic N) is 1. The van der Waals surface area contributed by atoms with Gasteiger partial charge in [-0.05, 0) is 25.9 Å². The third-order valence-electron chi connectivity index (χ3n) is 3.21. The quantitative estimate of drug-likeness (QED) is 0.660. The van der Waals surface area contributed by atoms with Gasteiger partial charge in [-0.25, -0.2) is 0 Å². The van der Waals surface area contributed by atoms with Crippen LogP contribution in [0.25, 0.3) is 0 Å². The fourth-order valence-corrected chi connectivity index (χ4v) is 2.30. The number of hydrogen-bond acceptors (Lipinski definition) is 3. The lowest BCUT2D eigenvalue weighted by Gasteiger charge is -2.44. The van der Waals surface area contributed by atoms with Crippen molar-refractivity contribution in [1.82, 2.24) is 10.2 Å². The first kappa shape index (κ1) is 12.7. The van der Waals surface area contributed by atoms with Gasteiger partial charge in [0.2, 0.25) is 5.91 Å². The maximum Gasteiger partial charge on any atom is 0.219 e. The highest BCUT2D eigenvalue weighted by atomic mass is 35.5. The summed E-state index contributed by atoms with van der Waals surface area (Å²) in [5, 5.41) is 3.32. The van der Waals surface area contributed by atoms with E-state index in [9.17, 15) is 4.79 Å².